The largest absolute Gasteiger partial charge is 0.393 e. The SMILES string of the molecule is C[C@H]1[C@H]2[C@H](C=C3[C@@H]4CC[C@H]5Cc6nc7c(nc6C[C@]5(C)[C@@H]4C[C@@H](O)[C@@]32C)C[C@@H]2CC[C@H]3[C@H]4C[C@@H]5O[C@@]6(CCC(C)(C)O6)[C@@H](C)[C@@H]5[C@@]4(C)[C@H](O)C[C@@H]3[C@@]2(C)C7)O[C@]12CC[C@](C)(O)CO2. The molecule has 0 radical (unpaired) electrons. The molecule has 9 nitrogen and oxygen atoms in total. The topological polar surface area (TPSA) is 123 Å². The van der Waals surface area contributed by atoms with Gasteiger partial charge in [0.2, 0.25) is 0 Å². The first-order chi connectivity index (χ1) is 29.6. The predicted molar refractivity (Wildman–Crippen MR) is 237 cm³/mol. The summed E-state index contributed by atoms with van der Waals surface area (Å²) >= 11 is 0. The van der Waals surface area contributed by atoms with E-state index in [1.54, 1.807) is 0 Å². The highest BCUT2D eigenvalue weighted by Gasteiger charge is 2.73. The molecule has 0 unspecified atom stereocenters. The van der Waals surface area contributed by atoms with Crippen molar-refractivity contribution in [3.8, 4) is 0 Å². The molecule has 4 aliphatic heterocycles. The van der Waals surface area contributed by atoms with Crippen molar-refractivity contribution in [1.82, 2.24) is 9.97 Å². The van der Waals surface area contributed by atoms with Gasteiger partial charge >= 0.3 is 0 Å². The van der Waals surface area contributed by atoms with Crippen molar-refractivity contribution in [2.75, 3.05) is 6.61 Å². The number of aliphatic hydroxyl groups excluding tert-OH is 2. The summed E-state index contributed by atoms with van der Waals surface area (Å²) in [5.41, 5.74) is 5.15. The first kappa shape index (κ1) is 41.7. The highest BCUT2D eigenvalue weighted by molar-refractivity contribution is 5.38. The maximum Gasteiger partial charge on any atom is 0.172 e. The summed E-state index contributed by atoms with van der Waals surface area (Å²) < 4.78 is 27.1. The van der Waals surface area contributed by atoms with E-state index < -0.39 is 23.3 Å². The molecule has 3 N–H and O–H groups in total. The number of rotatable bonds is 0. The highest BCUT2D eigenvalue weighted by atomic mass is 16.7. The zero-order chi connectivity index (χ0) is 43.8. The minimum absolute atomic E-state index is 0.0537. The first-order valence-electron chi connectivity index (χ1n) is 26.0. The van der Waals surface area contributed by atoms with E-state index in [0.29, 0.717) is 66.8 Å². The summed E-state index contributed by atoms with van der Waals surface area (Å²) in [4.78, 5) is 11.3. The standard InChI is InChI=1S/C54H78N2O7/c1-27-45-41(61-53(27)17-15-48(5,59)26-60-53)20-35-31-12-10-29-18-37-39(24-49(29,6)33(31)22-43(57)51(35,45)8)55-38-19-30-11-13-32-34(50(30,7)25-40(38)56-37)23-44(58)52(9)36(32)21-42-46(52)28(2)54(62-42)16-14-47(3,4)63-54/h20,27-34,36,41-46,57-59H,10-19,21-26H2,1-9H3/t27-,28-,29-,30-,31+,32+,33+,34-,36+,41-,42-,43+,44+,45-,46-,48-,49-,50-,51+,52+,53+,54+/m0/s1. The van der Waals surface area contributed by atoms with Crippen molar-refractivity contribution < 1.29 is 34.3 Å². The van der Waals surface area contributed by atoms with Crippen LogP contribution in [-0.2, 0) is 44.6 Å². The summed E-state index contributed by atoms with van der Waals surface area (Å²) in [5.74, 6) is 3.25. The molecule has 1 aromatic heterocycles. The molecular weight excluding hydrogens is 789 g/mol. The maximum atomic E-state index is 12.5. The number of fused-ring (bicyclic) bond motifs is 16. The zero-order valence-corrected chi connectivity index (χ0v) is 39.9. The molecule has 0 bridgehead atoms. The number of aliphatic hydroxyl groups is 3. The summed E-state index contributed by atoms with van der Waals surface area (Å²) in [7, 11) is 0. The van der Waals surface area contributed by atoms with E-state index >= 15 is 0 Å². The number of hydrogen-bond acceptors (Lipinski definition) is 9. The second-order valence-electron chi connectivity index (χ2n) is 26.6. The van der Waals surface area contributed by atoms with Crippen LogP contribution in [0, 0.1) is 86.8 Å². The minimum Gasteiger partial charge on any atom is -0.393 e. The van der Waals surface area contributed by atoms with E-state index in [9.17, 15) is 15.3 Å². The van der Waals surface area contributed by atoms with Crippen LogP contribution in [0.4, 0.5) is 0 Å². The van der Waals surface area contributed by atoms with Crippen LogP contribution in [-0.4, -0.2) is 79.1 Å². The van der Waals surface area contributed by atoms with Crippen molar-refractivity contribution in [2.45, 2.75) is 206 Å². The van der Waals surface area contributed by atoms with Crippen LogP contribution in [0.15, 0.2) is 11.6 Å². The van der Waals surface area contributed by atoms with Crippen LogP contribution in [0.5, 0.6) is 0 Å². The maximum absolute atomic E-state index is 12.5. The summed E-state index contributed by atoms with van der Waals surface area (Å²) in [6.07, 6.45) is 16.7. The Labute approximate surface area is 376 Å². The molecule has 346 valence electrons. The van der Waals surface area contributed by atoms with Crippen molar-refractivity contribution in [1.29, 1.82) is 0 Å². The fourth-order valence-corrected chi connectivity index (χ4v) is 19.9. The lowest BCUT2D eigenvalue weighted by molar-refractivity contribution is -0.287. The Morgan fingerprint density at radius 3 is 1.94 bits per heavy atom. The number of aromatic nitrogens is 2. The second-order valence-corrected chi connectivity index (χ2v) is 26.6. The van der Waals surface area contributed by atoms with Gasteiger partial charge in [-0.25, -0.2) is 0 Å². The summed E-state index contributed by atoms with van der Waals surface area (Å²) in [6.45, 7) is 21.1. The lowest BCUT2D eigenvalue weighted by atomic mass is 9.44. The van der Waals surface area contributed by atoms with Gasteiger partial charge < -0.3 is 34.3 Å². The molecule has 2 spiro atoms. The lowest BCUT2D eigenvalue weighted by Gasteiger charge is -2.62. The van der Waals surface area contributed by atoms with Gasteiger partial charge in [0.25, 0.3) is 0 Å². The van der Waals surface area contributed by atoms with Crippen molar-refractivity contribution in [2.24, 2.45) is 86.8 Å². The molecule has 22 atom stereocenters. The van der Waals surface area contributed by atoms with Gasteiger partial charge in [0.1, 0.15) is 0 Å². The fourth-order valence-electron chi connectivity index (χ4n) is 19.9. The van der Waals surface area contributed by atoms with Crippen LogP contribution < -0.4 is 0 Å². The Bertz CT molecular complexity index is 2150. The van der Waals surface area contributed by atoms with Crippen LogP contribution >= 0.6 is 0 Å². The number of nitrogens with zero attached hydrogens (tertiary/aromatic N) is 2. The fraction of sp³-hybridized carbons (Fsp3) is 0.889. The third-order valence-electron chi connectivity index (χ3n) is 23.4. The van der Waals surface area contributed by atoms with E-state index in [-0.39, 0.29) is 63.3 Å². The molecule has 4 saturated heterocycles. The molecular formula is C54H78N2O7. The molecule has 5 heterocycles. The molecule has 0 aromatic carbocycles. The van der Waals surface area contributed by atoms with Gasteiger partial charge in [0, 0.05) is 47.3 Å². The Kier molecular flexibility index (Phi) is 8.47. The molecule has 0 amide bonds. The minimum atomic E-state index is -0.814. The van der Waals surface area contributed by atoms with E-state index in [1.165, 1.54) is 47.6 Å². The van der Waals surface area contributed by atoms with Gasteiger partial charge in [0.15, 0.2) is 11.6 Å². The Balaban J connectivity index is 0.751. The van der Waals surface area contributed by atoms with E-state index in [1.807, 2.05) is 6.92 Å². The number of ether oxygens (including phenoxy) is 4. The lowest BCUT2D eigenvalue weighted by Crippen LogP contribution is -2.60. The van der Waals surface area contributed by atoms with Crippen LogP contribution in [0.3, 0.4) is 0 Å². The molecule has 9 heteroatoms. The van der Waals surface area contributed by atoms with Gasteiger partial charge in [-0.15, -0.1) is 0 Å². The van der Waals surface area contributed by atoms with Crippen LogP contribution in [0.2, 0.25) is 0 Å². The Morgan fingerprint density at radius 1 is 0.651 bits per heavy atom. The predicted octanol–water partition coefficient (Wildman–Crippen LogP) is 8.32. The van der Waals surface area contributed by atoms with Gasteiger partial charge in [-0.1, -0.05) is 53.2 Å². The van der Waals surface area contributed by atoms with Gasteiger partial charge in [0.05, 0.1) is 65.0 Å². The molecule has 12 aliphatic rings. The van der Waals surface area contributed by atoms with Gasteiger partial charge in [-0.3, -0.25) is 9.97 Å². The molecule has 8 aliphatic carbocycles. The third kappa shape index (κ3) is 5.21. The Hall–Kier alpha value is -1.46. The molecule has 5 saturated carbocycles. The summed E-state index contributed by atoms with van der Waals surface area (Å²) in [5, 5.41) is 35.6. The highest BCUT2D eigenvalue weighted by Crippen LogP contribution is 2.73. The normalized spacial score (nSPS) is 59.0. The molecule has 63 heavy (non-hydrogen) atoms. The van der Waals surface area contributed by atoms with Crippen molar-refractivity contribution >= 4 is 0 Å². The summed E-state index contributed by atoms with van der Waals surface area (Å²) in [6, 6.07) is 0. The molecule has 9 fully saturated rings. The van der Waals surface area contributed by atoms with Crippen LogP contribution in [0.1, 0.15) is 156 Å². The molecule has 1 aromatic rings. The van der Waals surface area contributed by atoms with Crippen LogP contribution in [0.25, 0.3) is 0 Å². The zero-order valence-electron chi connectivity index (χ0n) is 39.9. The van der Waals surface area contributed by atoms with Gasteiger partial charge in [-0.2, -0.15) is 0 Å². The smallest absolute Gasteiger partial charge is 0.172 e. The second kappa shape index (κ2) is 12.8. The van der Waals surface area contributed by atoms with Crippen molar-refractivity contribution in [3.05, 3.63) is 34.4 Å². The third-order valence-corrected chi connectivity index (χ3v) is 23.4. The van der Waals surface area contributed by atoms with Gasteiger partial charge in [-0.05, 0) is 156 Å². The van der Waals surface area contributed by atoms with E-state index in [4.69, 9.17) is 28.9 Å². The monoisotopic (exact) mass is 867 g/mol. The first-order valence-corrected chi connectivity index (χ1v) is 26.0. The average Bonchev–Trinajstić information content (AvgIpc) is 3.96. The average molecular weight is 867 g/mol. The van der Waals surface area contributed by atoms with E-state index in [0.717, 1.165) is 64.2 Å². The number of hydrogen-bond donors (Lipinski definition) is 3. The Morgan fingerprint density at radius 2 is 1.29 bits per heavy atom. The molecule has 13 rings (SSSR count). The van der Waals surface area contributed by atoms with Crippen molar-refractivity contribution in [3.63, 3.8) is 0 Å². The quantitative estimate of drug-likeness (QED) is 0.221. The van der Waals surface area contributed by atoms with E-state index in [2.05, 4.69) is 61.5 Å².